The van der Waals surface area contributed by atoms with Crippen LogP contribution in [0.1, 0.15) is 181 Å². The summed E-state index contributed by atoms with van der Waals surface area (Å²) in [5.41, 5.74) is 0. The number of hydrogen-bond acceptors (Lipinski definition) is 8. The molecule has 6 N–H and O–H groups in total. The van der Waals surface area contributed by atoms with Gasteiger partial charge in [0.25, 0.3) is 0 Å². The first-order chi connectivity index (χ1) is 25.8. The van der Waals surface area contributed by atoms with Gasteiger partial charge in [-0.2, -0.15) is 0 Å². The molecule has 53 heavy (non-hydrogen) atoms. The van der Waals surface area contributed by atoms with Crippen LogP contribution >= 0.6 is 0 Å². The summed E-state index contributed by atoms with van der Waals surface area (Å²) in [5.74, 6) is -0.202. The van der Waals surface area contributed by atoms with Gasteiger partial charge in [0.2, 0.25) is 5.91 Å². The van der Waals surface area contributed by atoms with Crippen LogP contribution in [0.4, 0.5) is 0 Å². The van der Waals surface area contributed by atoms with E-state index in [4.69, 9.17) is 9.47 Å². The van der Waals surface area contributed by atoms with Crippen molar-refractivity contribution >= 4 is 5.91 Å². The number of aliphatic hydroxyl groups excluding tert-OH is 5. The van der Waals surface area contributed by atoms with E-state index >= 15 is 0 Å². The maximum absolute atomic E-state index is 12.7. The molecule has 9 nitrogen and oxygen atoms in total. The molecule has 0 aromatic rings. The molecule has 0 radical (unpaired) electrons. The van der Waals surface area contributed by atoms with Crippen molar-refractivity contribution in [2.75, 3.05) is 13.2 Å². The Bertz CT molecular complexity index is 925. The average Bonchev–Trinajstić information content (AvgIpc) is 3.16. The molecule has 0 saturated carbocycles. The molecule has 0 aromatic heterocycles. The maximum atomic E-state index is 12.7. The predicted molar refractivity (Wildman–Crippen MR) is 216 cm³/mol. The van der Waals surface area contributed by atoms with Gasteiger partial charge in [0.05, 0.1) is 25.4 Å². The minimum absolute atomic E-state index is 0.202. The van der Waals surface area contributed by atoms with Crippen LogP contribution in [0.25, 0.3) is 0 Å². The van der Waals surface area contributed by atoms with Gasteiger partial charge in [-0.3, -0.25) is 4.79 Å². The third-order valence-electron chi connectivity index (χ3n) is 10.2. The van der Waals surface area contributed by atoms with Crippen LogP contribution in [0, 0.1) is 0 Å². The predicted octanol–water partition coefficient (Wildman–Crippen LogP) is 8.50. The van der Waals surface area contributed by atoms with Crippen LogP contribution in [0.5, 0.6) is 0 Å². The van der Waals surface area contributed by atoms with Crippen LogP contribution in [0.15, 0.2) is 36.5 Å². The minimum atomic E-state index is -1.57. The lowest BCUT2D eigenvalue weighted by atomic mass is 9.99. The highest BCUT2D eigenvalue weighted by molar-refractivity contribution is 5.76. The normalized spacial score (nSPS) is 22.0. The summed E-state index contributed by atoms with van der Waals surface area (Å²) < 4.78 is 11.1. The lowest BCUT2D eigenvalue weighted by molar-refractivity contribution is -0.302. The van der Waals surface area contributed by atoms with Gasteiger partial charge in [-0.25, -0.2) is 0 Å². The van der Waals surface area contributed by atoms with Gasteiger partial charge in [0.1, 0.15) is 24.4 Å². The monoisotopic (exact) mass is 752 g/mol. The van der Waals surface area contributed by atoms with Crippen molar-refractivity contribution in [1.82, 2.24) is 5.32 Å². The summed E-state index contributed by atoms with van der Waals surface area (Å²) in [4.78, 5) is 12.7. The van der Waals surface area contributed by atoms with E-state index in [2.05, 4.69) is 43.5 Å². The molecule has 7 unspecified atom stereocenters. The van der Waals surface area contributed by atoms with Crippen molar-refractivity contribution < 1.29 is 39.8 Å². The Morgan fingerprint density at radius 3 is 1.58 bits per heavy atom. The quantitative estimate of drug-likeness (QED) is 0.0279. The van der Waals surface area contributed by atoms with E-state index in [1.54, 1.807) is 6.08 Å². The van der Waals surface area contributed by atoms with Crippen molar-refractivity contribution in [3.63, 3.8) is 0 Å². The van der Waals surface area contributed by atoms with Crippen LogP contribution in [-0.4, -0.2) is 87.5 Å². The zero-order chi connectivity index (χ0) is 38.8. The Kier molecular flexibility index (Phi) is 32.5. The van der Waals surface area contributed by atoms with E-state index in [-0.39, 0.29) is 12.5 Å². The fourth-order valence-electron chi connectivity index (χ4n) is 6.66. The molecule has 1 aliphatic heterocycles. The lowest BCUT2D eigenvalue weighted by Gasteiger charge is -2.40. The van der Waals surface area contributed by atoms with E-state index in [0.717, 1.165) is 57.8 Å². The Balaban J connectivity index is 2.29. The molecule has 1 heterocycles. The van der Waals surface area contributed by atoms with Crippen LogP contribution in [0.3, 0.4) is 0 Å². The molecule has 0 spiro atoms. The summed E-state index contributed by atoms with van der Waals surface area (Å²) in [6.07, 6.45) is 35.2. The van der Waals surface area contributed by atoms with Gasteiger partial charge in [-0.05, 0) is 44.9 Å². The van der Waals surface area contributed by atoms with E-state index in [1.165, 1.54) is 103 Å². The maximum Gasteiger partial charge on any atom is 0.220 e. The fraction of sp³-hybridized carbons (Fsp3) is 0.841. The average molecular weight is 752 g/mol. The second-order valence-electron chi connectivity index (χ2n) is 15.1. The summed E-state index contributed by atoms with van der Waals surface area (Å²) in [5, 5.41) is 53.8. The highest BCUT2D eigenvalue weighted by atomic mass is 16.7. The Labute approximate surface area is 323 Å². The zero-order valence-electron chi connectivity index (χ0n) is 33.8. The SMILES string of the molecule is CCCCCCCCCCCCCCCC/C=C/CC/C=C/CC/C=C/C(O)C(COC1OC(CO)C(O)C(O)C1O)NC(=O)CCCCCCCC. The first-order valence-corrected chi connectivity index (χ1v) is 21.7. The fourth-order valence-corrected chi connectivity index (χ4v) is 6.66. The number of carbonyl (C=O) groups excluding carboxylic acids is 1. The van der Waals surface area contributed by atoms with Gasteiger partial charge in [0, 0.05) is 6.42 Å². The third-order valence-corrected chi connectivity index (χ3v) is 10.2. The van der Waals surface area contributed by atoms with Crippen LogP contribution in [-0.2, 0) is 14.3 Å². The van der Waals surface area contributed by atoms with Crippen molar-refractivity contribution in [2.24, 2.45) is 0 Å². The number of carbonyl (C=O) groups is 1. The number of ether oxygens (including phenoxy) is 2. The summed E-state index contributed by atoms with van der Waals surface area (Å²) in [7, 11) is 0. The van der Waals surface area contributed by atoms with Crippen molar-refractivity contribution in [1.29, 1.82) is 0 Å². The molecule has 0 bridgehead atoms. The Morgan fingerprint density at radius 2 is 1.08 bits per heavy atom. The first-order valence-electron chi connectivity index (χ1n) is 21.7. The molecule has 0 aromatic carbocycles. The molecule has 1 aliphatic rings. The molecule has 1 rings (SSSR count). The van der Waals surface area contributed by atoms with E-state index in [1.807, 2.05) is 6.08 Å². The van der Waals surface area contributed by atoms with Crippen molar-refractivity contribution in [2.45, 2.75) is 224 Å². The summed E-state index contributed by atoms with van der Waals surface area (Å²) >= 11 is 0. The number of allylic oxidation sites excluding steroid dienone is 5. The summed E-state index contributed by atoms with van der Waals surface area (Å²) in [6, 6.07) is -0.821. The number of unbranched alkanes of at least 4 members (excludes halogenated alkanes) is 21. The molecule has 0 aliphatic carbocycles. The molecule has 9 heteroatoms. The van der Waals surface area contributed by atoms with Gasteiger partial charge >= 0.3 is 0 Å². The minimum Gasteiger partial charge on any atom is -0.394 e. The number of aliphatic hydroxyl groups is 5. The molecular formula is C44H81NO8. The molecule has 310 valence electrons. The first kappa shape index (κ1) is 49.4. The number of rotatable bonds is 35. The second kappa shape index (κ2) is 34.9. The largest absolute Gasteiger partial charge is 0.394 e. The van der Waals surface area contributed by atoms with Gasteiger partial charge in [-0.15, -0.1) is 0 Å². The molecular weight excluding hydrogens is 670 g/mol. The van der Waals surface area contributed by atoms with Gasteiger partial charge in [0.15, 0.2) is 6.29 Å². The molecule has 1 saturated heterocycles. The highest BCUT2D eigenvalue weighted by Gasteiger charge is 2.44. The lowest BCUT2D eigenvalue weighted by Crippen LogP contribution is -2.60. The Hall–Kier alpha value is -1.59. The van der Waals surface area contributed by atoms with Crippen molar-refractivity contribution in [3.05, 3.63) is 36.5 Å². The molecule has 7 atom stereocenters. The van der Waals surface area contributed by atoms with Crippen LogP contribution in [0.2, 0.25) is 0 Å². The zero-order valence-corrected chi connectivity index (χ0v) is 33.8. The third kappa shape index (κ3) is 26.0. The molecule has 1 amide bonds. The van der Waals surface area contributed by atoms with Crippen LogP contribution < -0.4 is 5.32 Å². The topological polar surface area (TPSA) is 149 Å². The second-order valence-corrected chi connectivity index (χ2v) is 15.1. The van der Waals surface area contributed by atoms with Gasteiger partial charge in [-0.1, -0.05) is 166 Å². The number of nitrogens with one attached hydrogen (secondary N) is 1. The Morgan fingerprint density at radius 1 is 0.623 bits per heavy atom. The molecule has 1 fully saturated rings. The van der Waals surface area contributed by atoms with E-state index in [9.17, 15) is 30.3 Å². The standard InChI is InChI=1S/C44H81NO8/c1-3-5-7-9-11-12-13-14-15-16-17-18-19-20-21-22-23-24-25-26-27-28-29-31-33-38(47)37(45-40(48)34-32-30-10-8-6-4-2)36-52-44-43(51)42(50)41(49)39(35-46)53-44/h22-23,26-27,31,33,37-39,41-44,46-47,49-51H,3-21,24-25,28-30,32,34-36H2,1-2H3,(H,45,48)/b23-22+,27-26+,33-31+. The van der Waals surface area contributed by atoms with E-state index < -0.39 is 49.5 Å². The smallest absolute Gasteiger partial charge is 0.220 e. The number of hydrogen-bond donors (Lipinski definition) is 6. The number of amides is 1. The summed E-state index contributed by atoms with van der Waals surface area (Å²) in [6.45, 7) is 3.67. The van der Waals surface area contributed by atoms with Gasteiger partial charge < -0.3 is 40.3 Å². The highest BCUT2D eigenvalue weighted by Crippen LogP contribution is 2.22. The van der Waals surface area contributed by atoms with E-state index in [0.29, 0.717) is 6.42 Å². The van der Waals surface area contributed by atoms with Crippen molar-refractivity contribution in [3.8, 4) is 0 Å².